The molecule has 0 spiro atoms. The zero-order valence-corrected chi connectivity index (χ0v) is 14.1. The van der Waals surface area contributed by atoms with Gasteiger partial charge in [-0.25, -0.2) is 4.99 Å². The molecule has 0 bridgehead atoms. The average molecular weight is 353 g/mol. The van der Waals surface area contributed by atoms with Gasteiger partial charge in [-0.1, -0.05) is 6.07 Å². The highest BCUT2D eigenvalue weighted by Crippen LogP contribution is 2.21. The number of nitrogens with one attached hydrogen (secondary N) is 3. The minimum atomic E-state index is -0.341. The van der Waals surface area contributed by atoms with E-state index in [1.54, 1.807) is 24.3 Å². The molecule has 1 aromatic carbocycles. The predicted octanol–water partition coefficient (Wildman–Crippen LogP) is 0.971. The summed E-state index contributed by atoms with van der Waals surface area (Å²) in [5.74, 6) is -0.730. The summed E-state index contributed by atoms with van der Waals surface area (Å²) in [5, 5.41) is 6.36. The van der Waals surface area contributed by atoms with E-state index in [1.807, 2.05) is 30.1 Å². The molecule has 2 heterocycles. The zero-order valence-electron chi connectivity index (χ0n) is 14.1. The zero-order chi connectivity index (χ0) is 18.7. The number of carbonyl (C=O) groups is 2. The van der Waals surface area contributed by atoms with Crippen LogP contribution in [0.15, 0.2) is 47.7 Å². The van der Waals surface area contributed by atoms with Crippen LogP contribution in [0.4, 0.5) is 11.4 Å². The number of fused-ring (bicyclic) bond motifs is 1. The molecule has 0 aliphatic carbocycles. The van der Waals surface area contributed by atoms with Crippen LogP contribution < -0.4 is 22.1 Å². The second-order valence-corrected chi connectivity index (χ2v) is 5.79. The highest BCUT2D eigenvalue weighted by atomic mass is 16.2. The van der Waals surface area contributed by atoms with Gasteiger partial charge in [0.25, 0.3) is 5.91 Å². The maximum Gasteiger partial charge on any atom is 0.272 e. The molecule has 9 nitrogen and oxygen atoms in total. The third-order valence-corrected chi connectivity index (χ3v) is 3.65. The topological polar surface area (TPSA) is 143 Å². The van der Waals surface area contributed by atoms with Crippen molar-refractivity contribution in [2.75, 3.05) is 17.2 Å². The fraction of sp³-hybridized carbons (Fsp3) is 0.118. The van der Waals surface area contributed by atoms with Gasteiger partial charge < -0.3 is 31.7 Å². The Morgan fingerprint density at radius 1 is 1.15 bits per heavy atom. The molecule has 9 heteroatoms. The second kappa shape index (κ2) is 7.01. The number of nitrogens with two attached hydrogens (primary N) is 2. The molecule has 134 valence electrons. The van der Waals surface area contributed by atoms with Gasteiger partial charge in [0.1, 0.15) is 12.2 Å². The van der Waals surface area contributed by atoms with E-state index in [-0.39, 0.29) is 24.3 Å². The minimum absolute atomic E-state index is 0.144. The Balaban J connectivity index is 1.73. The first kappa shape index (κ1) is 17.1. The lowest BCUT2D eigenvalue weighted by Crippen LogP contribution is -2.25. The molecule has 3 aromatic rings. The van der Waals surface area contributed by atoms with Crippen molar-refractivity contribution in [3.05, 3.63) is 48.4 Å². The molecule has 0 aliphatic rings. The van der Waals surface area contributed by atoms with E-state index in [9.17, 15) is 9.59 Å². The predicted molar refractivity (Wildman–Crippen MR) is 101 cm³/mol. The number of aryl methyl sites for hydroxylation is 1. The Morgan fingerprint density at radius 2 is 1.96 bits per heavy atom. The molecule has 2 amide bonds. The lowest BCUT2D eigenvalue weighted by Gasteiger charge is -2.03. The molecule has 0 radical (unpaired) electrons. The Hall–Kier alpha value is -3.75. The van der Waals surface area contributed by atoms with Gasteiger partial charge >= 0.3 is 0 Å². The molecule has 7 N–H and O–H groups in total. The van der Waals surface area contributed by atoms with Crippen molar-refractivity contribution in [3.63, 3.8) is 0 Å². The SMILES string of the molecule is Cn1ccc(NC(=O)c2cc3ccc(NC(=O)CN=C(N)N)cc3[nH]2)c1. The summed E-state index contributed by atoms with van der Waals surface area (Å²) in [6.07, 6.45) is 3.66. The van der Waals surface area contributed by atoms with Crippen molar-refractivity contribution in [2.45, 2.75) is 0 Å². The lowest BCUT2D eigenvalue weighted by atomic mass is 10.2. The molecule has 0 aliphatic heterocycles. The van der Waals surface area contributed by atoms with Crippen molar-refractivity contribution < 1.29 is 9.59 Å². The number of rotatable bonds is 5. The van der Waals surface area contributed by atoms with Crippen LogP contribution >= 0.6 is 0 Å². The third-order valence-electron chi connectivity index (χ3n) is 3.65. The Kier molecular flexibility index (Phi) is 4.61. The Labute approximate surface area is 149 Å². The summed E-state index contributed by atoms with van der Waals surface area (Å²) in [4.78, 5) is 30.8. The highest BCUT2D eigenvalue weighted by Gasteiger charge is 2.11. The van der Waals surface area contributed by atoms with Crippen molar-refractivity contribution in [1.29, 1.82) is 0 Å². The number of nitrogens with zero attached hydrogens (tertiary/aromatic N) is 2. The smallest absolute Gasteiger partial charge is 0.272 e. The summed E-state index contributed by atoms with van der Waals surface area (Å²) in [7, 11) is 1.88. The van der Waals surface area contributed by atoms with Gasteiger partial charge in [-0.05, 0) is 24.3 Å². The Morgan fingerprint density at radius 3 is 2.65 bits per heavy atom. The summed E-state index contributed by atoms with van der Waals surface area (Å²) in [6.45, 7) is -0.157. The van der Waals surface area contributed by atoms with Gasteiger partial charge in [0, 0.05) is 36.0 Å². The fourth-order valence-corrected chi connectivity index (χ4v) is 2.47. The standard InChI is InChI=1S/C17H19N7O2/c1-24-5-4-12(9-24)22-16(26)14-6-10-2-3-11(7-13(10)23-14)21-15(25)8-20-17(18)19/h2-7,9,23H,8H2,1H3,(H,21,25)(H,22,26)(H4,18,19,20). The molecule has 2 aromatic heterocycles. The minimum Gasteiger partial charge on any atom is -0.370 e. The largest absolute Gasteiger partial charge is 0.370 e. The average Bonchev–Trinajstić information content (AvgIpc) is 3.18. The molecule has 26 heavy (non-hydrogen) atoms. The number of amides is 2. The first-order valence-corrected chi connectivity index (χ1v) is 7.82. The number of hydrogen-bond acceptors (Lipinski definition) is 3. The normalized spacial score (nSPS) is 10.5. The number of hydrogen-bond donors (Lipinski definition) is 5. The monoisotopic (exact) mass is 353 g/mol. The second-order valence-electron chi connectivity index (χ2n) is 5.79. The number of aromatic amines is 1. The van der Waals surface area contributed by atoms with Crippen LogP contribution in [0.25, 0.3) is 10.9 Å². The van der Waals surface area contributed by atoms with Gasteiger partial charge in [-0.3, -0.25) is 9.59 Å². The number of guanidine groups is 1. The van der Waals surface area contributed by atoms with E-state index >= 15 is 0 Å². The molecule has 0 unspecified atom stereocenters. The van der Waals surface area contributed by atoms with Crippen molar-refractivity contribution in [2.24, 2.45) is 23.5 Å². The van der Waals surface area contributed by atoms with Gasteiger partial charge in [-0.2, -0.15) is 0 Å². The van der Waals surface area contributed by atoms with E-state index < -0.39 is 0 Å². The van der Waals surface area contributed by atoms with E-state index in [0.29, 0.717) is 17.1 Å². The van der Waals surface area contributed by atoms with Crippen LogP contribution in [0, 0.1) is 0 Å². The van der Waals surface area contributed by atoms with Crippen molar-refractivity contribution >= 4 is 40.1 Å². The first-order valence-electron chi connectivity index (χ1n) is 7.82. The fourth-order valence-electron chi connectivity index (χ4n) is 2.47. The van der Waals surface area contributed by atoms with Gasteiger partial charge in [-0.15, -0.1) is 0 Å². The number of anilines is 2. The van der Waals surface area contributed by atoms with E-state index in [0.717, 1.165) is 10.9 Å². The molecular weight excluding hydrogens is 334 g/mol. The molecular formula is C17H19N7O2. The number of H-pyrrole nitrogens is 1. The number of carbonyl (C=O) groups excluding carboxylic acids is 2. The van der Waals surface area contributed by atoms with Crippen LogP contribution in [0.3, 0.4) is 0 Å². The molecule has 0 fully saturated rings. The molecule has 0 saturated carbocycles. The van der Waals surface area contributed by atoms with Crippen LogP contribution in [-0.2, 0) is 11.8 Å². The van der Waals surface area contributed by atoms with Gasteiger partial charge in [0.05, 0.1) is 5.69 Å². The first-order chi connectivity index (χ1) is 12.4. The summed E-state index contributed by atoms with van der Waals surface area (Å²) >= 11 is 0. The summed E-state index contributed by atoms with van der Waals surface area (Å²) in [6, 6.07) is 8.84. The molecule has 3 rings (SSSR count). The third kappa shape index (κ3) is 4.01. The maximum atomic E-state index is 12.3. The highest BCUT2D eigenvalue weighted by molar-refractivity contribution is 6.06. The van der Waals surface area contributed by atoms with E-state index in [4.69, 9.17) is 11.5 Å². The summed E-state index contributed by atoms with van der Waals surface area (Å²) < 4.78 is 1.85. The molecule has 0 atom stereocenters. The molecule has 0 saturated heterocycles. The Bertz CT molecular complexity index is 996. The quantitative estimate of drug-likeness (QED) is 0.344. The van der Waals surface area contributed by atoms with Crippen molar-refractivity contribution in [3.8, 4) is 0 Å². The van der Waals surface area contributed by atoms with Gasteiger partial charge in [0.2, 0.25) is 5.91 Å². The van der Waals surface area contributed by atoms with Crippen LogP contribution in [0.1, 0.15) is 10.5 Å². The van der Waals surface area contributed by atoms with Crippen LogP contribution in [0.2, 0.25) is 0 Å². The van der Waals surface area contributed by atoms with Gasteiger partial charge in [0.15, 0.2) is 5.96 Å². The maximum absolute atomic E-state index is 12.3. The van der Waals surface area contributed by atoms with Crippen LogP contribution in [0.5, 0.6) is 0 Å². The van der Waals surface area contributed by atoms with E-state index in [1.165, 1.54) is 0 Å². The van der Waals surface area contributed by atoms with Crippen molar-refractivity contribution in [1.82, 2.24) is 9.55 Å². The number of aliphatic imine (C=N–C) groups is 1. The summed E-state index contributed by atoms with van der Waals surface area (Å²) in [5.41, 5.74) is 12.8. The van der Waals surface area contributed by atoms with Crippen LogP contribution in [-0.4, -0.2) is 33.9 Å². The lowest BCUT2D eigenvalue weighted by molar-refractivity contribution is -0.114. The van der Waals surface area contributed by atoms with E-state index in [2.05, 4.69) is 20.6 Å². The number of aromatic nitrogens is 2. The number of benzene rings is 1.